The van der Waals surface area contributed by atoms with Crippen molar-refractivity contribution in [1.29, 1.82) is 0 Å². The minimum absolute atomic E-state index is 0.0456. The zero-order valence-electron chi connectivity index (χ0n) is 13.3. The van der Waals surface area contributed by atoms with Gasteiger partial charge in [-0.2, -0.15) is 13.2 Å². The Balaban J connectivity index is 1.50. The first-order chi connectivity index (χ1) is 11.9. The van der Waals surface area contributed by atoms with Crippen LogP contribution in [0.1, 0.15) is 29.0 Å². The number of carbonyl (C=O) groups excluding carboxylic acids is 1. The van der Waals surface area contributed by atoms with Gasteiger partial charge in [-0.1, -0.05) is 30.3 Å². The molecule has 132 valence electrons. The first kappa shape index (κ1) is 17.5. The van der Waals surface area contributed by atoms with Crippen LogP contribution in [0.2, 0.25) is 0 Å². The Morgan fingerprint density at radius 3 is 2.40 bits per heavy atom. The van der Waals surface area contributed by atoms with Gasteiger partial charge < -0.3 is 5.32 Å². The average Bonchev–Trinajstić information content (AvgIpc) is 3.37. The van der Waals surface area contributed by atoms with Crippen LogP contribution in [0.15, 0.2) is 48.5 Å². The fourth-order valence-corrected chi connectivity index (χ4v) is 2.93. The molecule has 0 radical (unpaired) electrons. The predicted molar refractivity (Wildman–Crippen MR) is 85.4 cm³/mol. The lowest BCUT2D eigenvalue weighted by Crippen LogP contribution is -2.27. The molecule has 0 aromatic heterocycles. The monoisotopic (exact) mass is 351 g/mol. The third kappa shape index (κ3) is 4.18. The van der Waals surface area contributed by atoms with Crippen molar-refractivity contribution in [3.63, 3.8) is 0 Å². The summed E-state index contributed by atoms with van der Waals surface area (Å²) in [5, 5.41) is 2.77. The summed E-state index contributed by atoms with van der Waals surface area (Å²) in [6.45, 7) is 0.329. The molecule has 0 bridgehead atoms. The van der Waals surface area contributed by atoms with Gasteiger partial charge in [-0.05, 0) is 48.1 Å². The van der Waals surface area contributed by atoms with Gasteiger partial charge in [0.15, 0.2) is 0 Å². The van der Waals surface area contributed by atoms with E-state index in [1.165, 1.54) is 18.2 Å². The minimum Gasteiger partial charge on any atom is -0.356 e. The summed E-state index contributed by atoms with van der Waals surface area (Å²) in [4.78, 5) is 12.1. The maximum absolute atomic E-state index is 13.5. The highest BCUT2D eigenvalue weighted by Gasteiger charge is 2.44. The van der Waals surface area contributed by atoms with Crippen molar-refractivity contribution < 1.29 is 22.4 Å². The number of carbonyl (C=O) groups is 1. The van der Waals surface area contributed by atoms with Crippen molar-refractivity contribution in [2.45, 2.75) is 24.9 Å². The molecule has 1 aliphatic rings. The Hall–Kier alpha value is -2.37. The van der Waals surface area contributed by atoms with E-state index in [0.29, 0.717) is 24.9 Å². The summed E-state index contributed by atoms with van der Waals surface area (Å²) in [5.74, 6) is -0.708. The molecule has 1 amide bonds. The van der Waals surface area contributed by atoms with E-state index in [2.05, 4.69) is 5.32 Å². The molecule has 1 N–H and O–H groups in total. The van der Waals surface area contributed by atoms with Gasteiger partial charge in [0, 0.05) is 12.5 Å². The maximum atomic E-state index is 13.5. The number of rotatable bonds is 5. The standard InChI is InChI=1S/C19H17F4NO/c20-17-4-2-1-3-13(17)9-10-24-18(25)16-11-15(16)12-5-7-14(8-6-12)19(21,22)23/h1-8,15-16H,9-11H2,(H,24,25). The molecule has 1 saturated carbocycles. The number of hydrogen-bond donors (Lipinski definition) is 1. The molecular weight excluding hydrogens is 334 g/mol. The van der Waals surface area contributed by atoms with Crippen molar-refractivity contribution in [2.24, 2.45) is 5.92 Å². The zero-order valence-corrected chi connectivity index (χ0v) is 13.3. The van der Waals surface area contributed by atoms with Gasteiger partial charge in [-0.15, -0.1) is 0 Å². The van der Waals surface area contributed by atoms with E-state index in [1.54, 1.807) is 18.2 Å². The van der Waals surface area contributed by atoms with Crippen molar-refractivity contribution in [3.05, 3.63) is 71.0 Å². The lowest BCUT2D eigenvalue weighted by atomic mass is 10.1. The number of nitrogens with one attached hydrogen (secondary N) is 1. The third-order valence-corrected chi connectivity index (χ3v) is 4.44. The molecule has 0 aliphatic heterocycles. The van der Waals surface area contributed by atoms with E-state index in [0.717, 1.165) is 17.7 Å². The van der Waals surface area contributed by atoms with Crippen LogP contribution >= 0.6 is 0 Å². The second-order valence-corrected chi connectivity index (χ2v) is 6.20. The van der Waals surface area contributed by atoms with Gasteiger partial charge in [-0.3, -0.25) is 4.79 Å². The molecule has 2 nitrogen and oxygen atoms in total. The summed E-state index contributed by atoms with van der Waals surface area (Å²) >= 11 is 0. The molecule has 2 atom stereocenters. The minimum atomic E-state index is -4.36. The molecule has 2 aromatic carbocycles. The summed E-state index contributed by atoms with van der Waals surface area (Å²) in [6, 6.07) is 11.3. The van der Waals surface area contributed by atoms with E-state index < -0.39 is 11.7 Å². The van der Waals surface area contributed by atoms with Gasteiger partial charge in [0.05, 0.1) is 5.56 Å². The molecule has 2 aromatic rings. The number of halogens is 4. The highest BCUT2D eigenvalue weighted by atomic mass is 19.4. The van der Waals surface area contributed by atoms with Crippen LogP contribution < -0.4 is 5.32 Å². The third-order valence-electron chi connectivity index (χ3n) is 4.44. The smallest absolute Gasteiger partial charge is 0.356 e. The van der Waals surface area contributed by atoms with E-state index >= 15 is 0 Å². The van der Waals surface area contributed by atoms with Crippen LogP contribution in [0.3, 0.4) is 0 Å². The van der Waals surface area contributed by atoms with Gasteiger partial charge in [0.1, 0.15) is 5.82 Å². The van der Waals surface area contributed by atoms with Gasteiger partial charge in [0.2, 0.25) is 5.91 Å². The van der Waals surface area contributed by atoms with E-state index in [-0.39, 0.29) is 23.6 Å². The average molecular weight is 351 g/mol. The van der Waals surface area contributed by atoms with Gasteiger partial charge in [0.25, 0.3) is 0 Å². The number of hydrogen-bond acceptors (Lipinski definition) is 1. The maximum Gasteiger partial charge on any atom is 0.416 e. The highest BCUT2D eigenvalue weighted by molar-refractivity contribution is 5.82. The number of amides is 1. The van der Waals surface area contributed by atoms with Crippen molar-refractivity contribution in [2.75, 3.05) is 6.54 Å². The zero-order chi connectivity index (χ0) is 18.0. The Morgan fingerprint density at radius 1 is 1.08 bits per heavy atom. The summed E-state index contributed by atoms with van der Waals surface area (Å²) in [7, 11) is 0. The quantitative estimate of drug-likeness (QED) is 0.800. The molecule has 1 fully saturated rings. The molecule has 2 unspecified atom stereocenters. The normalized spacial score (nSPS) is 19.5. The first-order valence-electron chi connectivity index (χ1n) is 8.04. The molecule has 3 rings (SSSR count). The molecule has 6 heteroatoms. The molecule has 0 heterocycles. The van der Waals surface area contributed by atoms with Gasteiger partial charge >= 0.3 is 6.18 Å². The lowest BCUT2D eigenvalue weighted by Gasteiger charge is -2.08. The number of alkyl halides is 3. The highest BCUT2D eigenvalue weighted by Crippen LogP contribution is 2.47. The second kappa shape index (κ2) is 6.86. The molecule has 0 saturated heterocycles. The predicted octanol–water partition coefficient (Wildman–Crippen LogP) is 4.31. The summed E-state index contributed by atoms with van der Waals surface area (Å²) < 4.78 is 51.2. The Labute approximate surface area is 142 Å². The number of benzene rings is 2. The van der Waals surface area contributed by atoms with E-state index in [4.69, 9.17) is 0 Å². The first-order valence-corrected chi connectivity index (χ1v) is 8.04. The topological polar surface area (TPSA) is 29.1 Å². The Kier molecular flexibility index (Phi) is 4.79. The van der Waals surface area contributed by atoms with Crippen molar-refractivity contribution in [3.8, 4) is 0 Å². The SMILES string of the molecule is O=C(NCCc1ccccc1F)C1CC1c1ccc(C(F)(F)F)cc1. The fourth-order valence-electron chi connectivity index (χ4n) is 2.93. The van der Waals surface area contributed by atoms with Gasteiger partial charge in [-0.25, -0.2) is 4.39 Å². The van der Waals surface area contributed by atoms with E-state index in [1.807, 2.05) is 0 Å². The molecule has 0 spiro atoms. The van der Waals surface area contributed by atoms with Crippen LogP contribution in [0.4, 0.5) is 17.6 Å². The summed E-state index contributed by atoms with van der Waals surface area (Å²) in [6.07, 6.45) is -3.33. The van der Waals surface area contributed by atoms with Crippen molar-refractivity contribution in [1.82, 2.24) is 5.32 Å². The molecular formula is C19H17F4NO. The second-order valence-electron chi connectivity index (χ2n) is 6.20. The van der Waals surface area contributed by atoms with Crippen LogP contribution in [-0.2, 0) is 17.4 Å². The largest absolute Gasteiger partial charge is 0.416 e. The van der Waals surface area contributed by atoms with Crippen molar-refractivity contribution >= 4 is 5.91 Å². The summed E-state index contributed by atoms with van der Waals surface area (Å²) in [5.41, 5.74) is 0.586. The Morgan fingerprint density at radius 2 is 1.76 bits per heavy atom. The van der Waals surface area contributed by atoms with Crippen LogP contribution in [0, 0.1) is 11.7 Å². The van der Waals surface area contributed by atoms with Crippen LogP contribution in [-0.4, -0.2) is 12.5 Å². The molecule has 25 heavy (non-hydrogen) atoms. The van der Waals surface area contributed by atoms with Crippen LogP contribution in [0.5, 0.6) is 0 Å². The lowest BCUT2D eigenvalue weighted by molar-refractivity contribution is -0.137. The van der Waals surface area contributed by atoms with E-state index in [9.17, 15) is 22.4 Å². The Bertz CT molecular complexity index is 755. The molecule has 1 aliphatic carbocycles. The fraction of sp³-hybridized carbons (Fsp3) is 0.316. The van der Waals surface area contributed by atoms with Crippen LogP contribution in [0.25, 0.3) is 0 Å².